The molecule has 1 amide bonds. The number of amides is 1. The van der Waals surface area contributed by atoms with E-state index in [0.717, 1.165) is 0 Å². The second-order valence-electron chi connectivity index (χ2n) is 9.14. The molecule has 0 aliphatic rings. The van der Waals surface area contributed by atoms with Crippen LogP contribution in [0.2, 0.25) is 0 Å². The first kappa shape index (κ1) is 33.0. The zero-order valence-electron chi connectivity index (χ0n) is 20.9. The van der Waals surface area contributed by atoms with E-state index >= 15 is 0 Å². The molecule has 179 valence electrons. The predicted molar refractivity (Wildman–Crippen MR) is 120 cm³/mol. The van der Waals surface area contributed by atoms with Crippen molar-refractivity contribution in [1.29, 1.82) is 0 Å². The summed E-state index contributed by atoms with van der Waals surface area (Å²) in [6.45, 7) is 13.1. The SMILES string of the molecule is C[N-]CCC(C)(C)C(=O)N(C)C(COCCC(=O)C(C)C)COCCC(=O)C(C)C.[Y]. The third kappa shape index (κ3) is 13.8. The summed E-state index contributed by atoms with van der Waals surface area (Å²) in [4.78, 5) is 38.3. The number of carbonyl (C=O) groups is 3. The van der Waals surface area contributed by atoms with Crippen LogP contribution in [0.4, 0.5) is 0 Å². The Morgan fingerprint density at radius 1 is 0.903 bits per heavy atom. The molecule has 0 aliphatic carbocycles. The summed E-state index contributed by atoms with van der Waals surface area (Å²) < 4.78 is 11.4. The van der Waals surface area contributed by atoms with Gasteiger partial charge in [0.2, 0.25) is 5.91 Å². The molecule has 0 spiro atoms. The first-order valence-electron chi connectivity index (χ1n) is 11.0. The van der Waals surface area contributed by atoms with E-state index in [1.807, 2.05) is 41.5 Å². The van der Waals surface area contributed by atoms with Crippen LogP contribution in [0.15, 0.2) is 0 Å². The van der Waals surface area contributed by atoms with Crippen molar-refractivity contribution in [2.45, 2.75) is 66.8 Å². The fraction of sp³-hybridized carbons (Fsp3) is 0.870. The summed E-state index contributed by atoms with van der Waals surface area (Å²) in [6, 6.07) is -0.293. The summed E-state index contributed by atoms with van der Waals surface area (Å²) in [5.41, 5.74) is -0.548. The molecular formula is C23H43N2O5Y-. The molecule has 0 aromatic carbocycles. The van der Waals surface area contributed by atoms with E-state index in [0.29, 0.717) is 39.0 Å². The van der Waals surface area contributed by atoms with Gasteiger partial charge in [0.05, 0.1) is 32.5 Å². The molecule has 0 heterocycles. The van der Waals surface area contributed by atoms with Crippen LogP contribution in [0, 0.1) is 17.3 Å². The third-order valence-corrected chi connectivity index (χ3v) is 5.30. The van der Waals surface area contributed by atoms with Gasteiger partial charge in [0.15, 0.2) is 0 Å². The summed E-state index contributed by atoms with van der Waals surface area (Å²) in [7, 11) is 3.49. The molecule has 0 aromatic rings. The van der Waals surface area contributed by atoms with E-state index in [9.17, 15) is 14.4 Å². The number of nitrogens with zero attached hydrogens (tertiary/aromatic N) is 2. The molecule has 0 saturated heterocycles. The number of carbonyl (C=O) groups excluding carboxylic acids is 3. The molecule has 7 nitrogen and oxygen atoms in total. The van der Waals surface area contributed by atoms with Gasteiger partial charge in [-0.3, -0.25) is 14.4 Å². The average Bonchev–Trinajstić information content (AvgIpc) is 2.69. The molecule has 0 saturated carbocycles. The normalized spacial score (nSPS) is 11.7. The number of hydrogen-bond donors (Lipinski definition) is 0. The van der Waals surface area contributed by atoms with Crippen LogP contribution in [0.5, 0.6) is 0 Å². The predicted octanol–water partition coefficient (Wildman–Crippen LogP) is 3.49. The van der Waals surface area contributed by atoms with Gasteiger partial charge in [-0.05, 0) is 0 Å². The van der Waals surface area contributed by atoms with E-state index < -0.39 is 5.41 Å². The Morgan fingerprint density at radius 3 is 1.68 bits per heavy atom. The van der Waals surface area contributed by atoms with Gasteiger partial charge in [-0.25, -0.2) is 0 Å². The monoisotopic (exact) mass is 516 g/mol. The van der Waals surface area contributed by atoms with Crippen molar-refractivity contribution in [3.8, 4) is 0 Å². The third-order valence-electron chi connectivity index (χ3n) is 5.30. The molecule has 0 atom stereocenters. The van der Waals surface area contributed by atoms with Crippen molar-refractivity contribution in [2.24, 2.45) is 17.3 Å². The van der Waals surface area contributed by atoms with Gasteiger partial charge >= 0.3 is 0 Å². The van der Waals surface area contributed by atoms with E-state index in [1.54, 1.807) is 19.0 Å². The van der Waals surface area contributed by atoms with Gasteiger partial charge < -0.3 is 19.7 Å². The van der Waals surface area contributed by atoms with Crippen LogP contribution in [-0.2, 0) is 56.6 Å². The first-order chi connectivity index (χ1) is 13.9. The van der Waals surface area contributed by atoms with E-state index in [4.69, 9.17) is 9.47 Å². The first-order valence-corrected chi connectivity index (χ1v) is 11.0. The molecule has 0 N–H and O–H groups in total. The van der Waals surface area contributed by atoms with E-state index in [1.165, 1.54) is 0 Å². The molecule has 8 heteroatoms. The van der Waals surface area contributed by atoms with Crippen molar-refractivity contribution in [3.05, 3.63) is 5.32 Å². The summed E-state index contributed by atoms with van der Waals surface area (Å²) in [5.74, 6) is 0.285. The maximum absolute atomic E-state index is 13.0. The quantitative estimate of drug-likeness (QED) is 0.276. The number of hydrogen-bond acceptors (Lipinski definition) is 5. The smallest absolute Gasteiger partial charge is 0.228 e. The second kappa shape index (κ2) is 17.3. The molecule has 31 heavy (non-hydrogen) atoms. The molecule has 0 aromatic heterocycles. The number of likely N-dealkylation sites (N-methyl/N-ethyl adjacent to an activating group) is 1. The molecule has 0 fully saturated rings. The fourth-order valence-corrected chi connectivity index (χ4v) is 2.77. The molecular weight excluding hydrogens is 473 g/mol. The van der Waals surface area contributed by atoms with Gasteiger partial charge in [-0.15, -0.1) is 6.54 Å². The Balaban J connectivity index is 0. The van der Waals surface area contributed by atoms with Crippen LogP contribution in [0.1, 0.15) is 60.8 Å². The summed E-state index contributed by atoms with van der Waals surface area (Å²) in [6.07, 6.45) is 1.37. The molecule has 0 unspecified atom stereocenters. The maximum atomic E-state index is 13.0. The van der Waals surface area contributed by atoms with Crippen LogP contribution in [-0.4, -0.2) is 75.5 Å². The minimum absolute atomic E-state index is 0. The van der Waals surface area contributed by atoms with Gasteiger partial charge in [0.25, 0.3) is 0 Å². The Morgan fingerprint density at radius 2 is 1.32 bits per heavy atom. The van der Waals surface area contributed by atoms with E-state index in [-0.39, 0.29) is 81.3 Å². The minimum atomic E-state index is -0.548. The Kier molecular flexibility index (Phi) is 18.4. The van der Waals surface area contributed by atoms with Crippen LogP contribution in [0.25, 0.3) is 5.32 Å². The average molecular weight is 517 g/mol. The number of ether oxygens (including phenoxy) is 2. The van der Waals surface area contributed by atoms with Gasteiger partial charge in [-0.2, -0.15) is 7.05 Å². The standard InChI is InChI=1S/C23H43N2O5.Y/c1-17(2)20(26)9-13-29-15-19(16-30-14-10-21(27)18(3)4)25(8)22(28)23(5,6)11-12-24-7;/h17-19H,9-16H2,1-8H3;/q-1;. The van der Waals surface area contributed by atoms with Crippen molar-refractivity contribution < 1.29 is 56.6 Å². The molecule has 0 rings (SSSR count). The second-order valence-corrected chi connectivity index (χ2v) is 9.14. The molecule has 0 aliphatic heterocycles. The number of ketones is 2. The van der Waals surface area contributed by atoms with E-state index in [2.05, 4.69) is 5.32 Å². The summed E-state index contributed by atoms with van der Waals surface area (Å²) in [5, 5.41) is 4.11. The fourth-order valence-electron chi connectivity index (χ4n) is 2.77. The molecule has 1 radical (unpaired) electrons. The topological polar surface area (TPSA) is 87.0 Å². The Hall–Kier alpha value is -0.206. The van der Waals surface area contributed by atoms with Gasteiger partial charge in [0.1, 0.15) is 11.6 Å². The number of rotatable bonds is 17. The van der Waals surface area contributed by atoms with Crippen LogP contribution < -0.4 is 0 Å². The minimum Gasteiger partial charge on any atom is -0.665 e. The van der Waals surface area contributed by atoms with Crippen LogP contribution >= 0.6 is 0 Å². The van der Waals surface area contributed by atoms with Crippen molar-refractivity contribution >= 4 is 17.5 Å². The van der Waals surface area contributed by atoms with Crippen molar-refractivity contribution in [3.63, 3.8) is 0 Å². The zero-order valence-corrected chi connectivity index (χ0v) is 23.7. The van der Waals surface area contributed by atoms with Crippen molar-refractivity contribution in [2.75, 3.05) is 47.1 Å². The largest absolute Gasteiger partial charge is 0.665 e. The maximum Gasteiger partial charge on any atom is 0.228 e. The summed E-state index contributed by atoms with van der Waals surface area (Å²) >= 11 is 0. The van der Waals surface area contributed by atoms with Crippen molar-refractivity contribution in [1.82, 2.24) is 4.90 Å². The number of Topliss-reactive ketones (excluding diaryl/α,β-unsaturated/α-hetero) is 2. The zero-order chi connectivity index (χ0) is 23.3. The van der Waals surface area contributed by atoms with Gasteiger partial charge in [-0.1, -0.05) is 48.0 Å². The Labute approximate surface area is 214 Å². The van der Waals surface area contributed by atoms with Crippen LogP contribution in [0.3, 0.4) is 0 Å². The molecule has 0 bridgehead atoms. The Bertz CT molecular complexity index is 510. The van der Waals surface area contributed by atoms with Gasteiger partial charge in [0, 0.05) is 69.8 Å².